The molecule has 2 heteroatoms. The molecule has 0 radical (unpaired) electrons. The summed E-state index contributed by atoms with van der Waals surface area (Å²) in [6, 6.07) is 0.646. The van der Waals surface area contributed by atoms with Gasteiger partial charge in [0.15, 0.2) is 0 Å². The Morgan fingerprint density at radius 1 is 1.25 bits per heavy atom. The molecule has 2 unspecified atom stereocenters. The van der Waals surface area contributed by atoms with Crippen LogP contribution in [0.25, 0.3) is 0 Å². The quantitative estimate of drug-likeness (QED) is 0.720. The van der Waals surface area contributed by atoms with Crippen molar-refractivity contribution >= 4 is 0 Å². The Bertz CT molecular complexity index is 162. The highest BCUT2D eigenvalue weighted by molar-refractivity contribution is 4.75. The maximum atomic E-state index is 5.82. The molecule has 0 aromatic heterocycles. The molecule has 0 saturated carbocycles. The zero-order valence-electron chi connectivity index (χ0n) is 11.3. The normalized spacial score (nSPS) is 23.6. The average molecular weight is 227 g/mol. The maximum absolute atomic E-state index is 5.82. The molecule has 1 heterocycles. The summed E-state index contributed by atoms with van der Waals surface area (Å²) in [7, 11) is 2.09. The smallest absolute Gasteiger partial charge is 0.0590 e. The van der Waals surface area contributed by atoms with Crippen LogP contribution in [0.1, 0.15) is 58.8 Å². The second-order valence-electron chi connectivity index (χ2n) is 5.13. The summed E-state index contributed by atoms with van der Waals surface area (Å²) < 4.78 is 5.82. The largest absolute Gasteiger partial charge is 0.378 e. The van der Waals surface area contributed by atoms with Gasteiger partial charge < -0.3 is 10.1 Å². The maximum Gasteiger partial charge on any atom is 0.0590 e. The fraction of sp³-hybridized carbons (Fsp3) is 1.00. The molecule has 0 aliphatic carbocycles. The van der Waals surface area contributed by atoms with Crippen LogP contribution in [0.2, 0.25) is 0 Å². The molecule has 2 nitrogen and oxygen atoms in total. The molecule has 16 heavy (non-hydrogen) atoms. The van der Waals surface area contributed by atoms with Crippen LogP contribution in [0.4, 0.5) is 0 Å². The van der Waals surface area contributed by atoms with Gasteiger partial charge in [-0.2, -0.15) is 0 Å². The van der Waals surface area contributed by atoms with Crippen molar-refractivity contribution in [2.24, 2.45) is 5.92 Å². The predicted molar refractivity (Wildman–Crippen MR) is 69.7 cm³/mol. The van der Waals surface area contributed by atoms with Crippen molar-refractivity contribution in [1.29, 1.82) is 0 Å². The summed E-state index contributed by atoms with van der Waals surface area (Å²) in [5.74, 6) is 0.876. The Morgan fingerprint density at radius 2 is 2.00 bits per heavy atom. The van der Waals surface area contributed by atoms with Crippen molar-refractivity contribution < 1.29 is 4.74 Å². The van der Waals surface area contributed by atoms with E-state index in [2.05, 4.69) is 26.2 Å². The Morgan fingerprint density at radius 3 is 2.50 bits per heavy atom. The third-order valence-corrected chi connectivity index (χ3v) is 4.00. The topological polar surface area (TPSA) is 21.3 Å². The van der Waals surface area contributed by atoms with Crippen molar-refractivity contribution in [2.45, 2.75) is 70.9 Å². The Balaban J connectivity index is 2.29. The van der Waals surface area contributed by atoms with Crippen molar-refractivity contribution in [1.82, 2.24) is 5.32 Å². The molecule has 0 spiro atoms. The fourth-order valence-electron chi connectivity index (χ4n) is 2.67. The third kappa shape index (κ3) is 4.84. The Hall–Kier alpha value is -0.0800. The van der Waals surface area contributed by atoms with Crippen molar-refractivity contribution in [3.05, 3.63) is 0 Å². The first-order valence-corrected chi connectivity index (χ1v) is 7.09. The third-order valence-electron chi connectivity index (χ3n) is 4.00. The fourth-order valence-corrected chi connectivity index (χ4v) is 2.67. The van der Waals surface area contributed by atoms with Gasteiger partial charge in [0.25, 0.3) is 0 Å². The zero-order chi connectivity index (χ0) is 11.8. The molecule has 1 saturated heterocycles. The van der Waals surface area contributed by atoms with Crippen LogP contribution < -0.4 is 5.32 Å². The lowest BCUT2D eigenvalue weighted by atomic mass is 9.91. The van der Waals surface area contributed by atoms with Crippen molar-refractivity contribution in [2.75, 3.05) is 13.7 Å². The molecule has 1 N–H and O–H groups in total. The molecule has 0 aromatic rings. The van der Waals surface area contributed by atoms with Gasteiger partial charge in [0.1, 0.15) is 0 Å². The molecule has 2 atom stereocenters. The monoisotopic (exact) mass is 227 g/mol. The van der Waals surface area contributed by atoms with Crippen LogP contribution in [0, 0.1) is 5.92 Å². The summed E-state index contributed by atoms with van der Waals surface area (Å²) in [6.45, 7) is 5.59. The summed E-state index contributed by atoms with van der Waals surface area (Å²) in [5, 5.41) is 3.47. The Kier molecular flexibility index (Phi) is 7.06. The second-order valence-corrected chi connectivity index (χ2v) is 5.13. The lowest BCUT2D eigenvalue weighted by Crippen LogP contribution is -2.34. The van der Waals surface area contributed by atoms with Gasteiger partial charge >= 0.3 is 0 Å². The van der Waals surface area contributed by atoms with Gasteiger partial charge in [-0.3, -0.25) is 0 Å². The number of nitrogens with one attached hydrogen (secondary N) is 1. The molecule has 96 valence electrons. The molecule has 0 amide bonds. The number of hydrogen-bond acceptors (Lipinski definition) is 2. The minimum absolute atomic E-state index is 0.514. The van der Waals surface area contributed by atoms with Gasteiger partial charge in [0.2, 0.25) is 0 Å². The van der Waals surface area contributed by atoms with Gasteiger partial charge in [-0.1, -0.05) is 26.7 Å². The molecule has 1 aliphatic rings. The van der Waals surface area contributed by atoms with E-state index < -0.39 is 0 Å². The predicted octanol–water partition coefficient (Wildman–Crippen LogP) is 3.36. The number of ether oxygens (including phenoxy) is 1. The van der Waals surface area contributed by atoms with E-state index in [4.69, 9.17) is 4.74 Å². The SMILES string of the molecule is CCC(CC)CC(CC1CCCCO1)NC. The zero-order valence-corrected chi connectivity index (χ0v) is 11.3. The van der Waals surface area contributed by atoms with Crippen LogP contribution in [-0.2, 0) is 4.74 Å². The van der Waals surface area contributed by atoms with Crippen LogP contribution in [-0.4, -0.2) is 25.8 Å². The van der Waals surface area contributed by atoms with E-state index in [9.17, 15) is 0 Å². The van der Waals surface area contributed by atoms with Gasteiger partial charge in [-0.15, -0.1) is 0 Å². The molecule has 0 bridgehead atoms. The summed E-state index contributed by atoms with van der Waals surface area (Å²) in [5.41, 5.74) is 0. The lowest BCUT2D eigenvalue weighted by Gasteiger charge is -2.28. The minimum atomic E-state index is 0.514. The first kappa shape index (κ1) is 14.0. The number of hydrogen-bond donors (Lipinski definition) is 1. The lowest BCUT2D eigenvalue weighted by molar-refractivity contribution is 0.00412. The van der Waals surface area contributed by atoms with Gasteiger partial charge in [-0.25, -0.2) is 0 Å². The summed E-state index contributed by atoms with van der Waals surface area (Å²) in [4.78, 5) is 0. The summed E-state index contributed by atoms with van der Waals surface area (Å²) >= 11 is 0. The van der Waals surface area contributed by atoms with Crippen LogP contribution >= 0.6 is 0 Å². The molecular formula is C14H29NO. The summed E-state index contributed by atoms with van der Waals surface area (Å²) in [6.07, 6.45) is 9.51. The first-order chi connectivity index (χ1) is 7.80. The molecule has 1 fully saturated rings. The average Bonchev–Trinajstić information content (AvgIpc) is 2.35. The van der Waals surface area contributed by atoms with Gasteiger partial charge in [-0.05, 0) is 45.1 Å². The first-order valence-electron chi connectivity index (χ1n) is 7.09. The highest BCUT2D eigenvalue weighted by atomic mass is 16.5. The van der Waals surface area contributed by atoms with Crippen LogP contribution in [0.5, 0.6) is 0 Å². The molecule has 1 aliphatic heterocycles. The highest BCUT2D eigenvalue weighted by Gasteiger charge is 2.20. The minimum Gasteiger partial charge on any atom is -0.378 e. The van der Waals surface area contributed by atoms with Gasteiger partial charge in [0, 0.05) is 12.6 Å². The van der Waals surface area contributed by atoms with Crippen molar-refractivity contribution in [3.8, 4) is 0 Å². The van der Waals surface area contributed by atoms with E-state index in [-0.39, 0.29) is 0 Å². The van der Waals surface area contributed by atoms with Crippen molar-refractivity contribution in [3.63, 3.8) is 0 Å². The van der Waals surface area contributed by atoms with E-state index in [1.165, 1.54) is 44.9 Å². The van der Waals surface area contributed by atoms with Crippen LogP contribution in [0.3, 0.4) is 0 Å². The second kappa shape index (κ2) is 8.08. The molecule has 0 aromatic carbocycles. The van der Waals surface area contributed by atoms with E-state index in [0.29, 0.717) is 12.1 Å². The Labute approximate surface area is 101 Å². The van der Waals surface area contributed by atoms with E-state index in [0.717, 1.165) is 12.5 Å². The highest BCUT2D eigenvalue weighted by Crippen LogP contribution is 2.22. The molecular weight excluding hydrogens is 198 g/mol. The van der Waals surface area contributed by atoms with E-state index in [1.807, 2.05) is 0 Å². The van der Waals surface area contributed by atoms with Gasteiger partial charge in [0.05, 0.1) is 6.10 Å². The van der Waals surface area contributed by atoms with E-state index in [1.54, 1.807) is 0 Å². The standard InChI is InChI=1S/C14H29NO/c1-4-12(5-2)10-13(15-3)11-14-8-6-7-9-16-14/h12-15H,4-11H2,1-3H3. The number of rotatable bonds is 7. The van der Waals surface area contributed by atoms with E-state index >= 15 is 0 Å². The van der Waals surface area contributed by atoms with Crippen LogP contribution in [0.15, 0.2) is 0 Å². The molecule has 1 rings (SSSR count).